The lowest BCUT2D eigenvalue weighted by atomic mass is 9.98. The van der Waals surface area contributed by atoms with Gasteiger partial charge in [0.25, 0.3) is 0 Å². The van der Waals surface area contributed by atoms with E-state index >= 15 is 0 Å². The van der Waals surface area contributed by atoms with Crippen molar-refractivity contribution in [3.63, 3.8) is 0 Å². The van der Waals surface area contributed by atoms with Crippen LogP contribution in [-0.2, 0) is 13.9 Å². The predicted molar refractivity (Wildman–Crippen MR) is 97.4 cm³/mol. The fourth-order valence-electron chi connectivity index (χ4n) is 2.85. The molecule has 0 aromatic heterocycles. The largest absolute Gasteiger partial charge is 0.378 e. The van der Waals surface area contributed by atoms with Gasteiger partial charge in [0, 0.05) is 12.4 Å². The van der Waals surface area contributed by atoms with E-state index in [9.17, 15) is 8.42 Å². The minimum Gasteiger partial charge on any atom is -0.378 e. The summed E-state index contributed by atoms with van der Waals surface area (Å²) in [5.41, 5.74) is 0. The Morgan fingerprint density at radius 3 is 2.30 bits per heavy atom. The van der Waals surface area contributed by atoms with Crippen LogP contribution in [0.3, 0.4) is 0 Å². The third kappa shape index (κ3) is 14.2. The van der Waals surface area contributed by atoms with E-state index in [4.69, 9.17) is 9.29 Å². The Morgan fingerprint density at radius 1 is 0.957 bits per heavy atom. The van der Waals surface area contributed by atoms with Crippen LogP contribution in [0.15, 0.2) is 0 Å². The van der Waals surface area contributed by atoms with Gasteiger partial charge >= 0.3 is 9.15 Å². The molecule has 138 valence electrons. The Morgan fingerprint density at radius 2 is 1.61 bits per heavy atom. The van der Waals surface area contributed by atoms with Crippen molar-refractivity contribution in [2.45, 2.75) is 76.7 Å². The van der Waals surface area contributed by atoms with Crippen molar-refractivity contribution in [2.24, 2.45) is 0 Å². The quantitative estimate of drug-likeness (QED) is 0.310. The highest BCUT2D eigenvalue weighted by Crippen LogP contribution is 2.19. The van der Waals surface area contributed by atoms with Gasteiger partial charge in [0.15, 0.2) is 0 Å². The van der Waals surface area contributed by atoms with Crippen LogP contribution in [0, 0.1) is 0 Å². The third-order valence-electron chi connectivity index (χ3n) is 4.13. The van der Waals surface area contributed by atoms with Crippen LogP contribution >= 0.6 is 10.8 Å². The van der Waals surface area contributed by atoms with Crippen molar-refractivity contribution in [3.05, 3.63) is 0 Å². The number of nitrogens with one attached hydrogen (secondary N) is 1. The third-order valence-corrected chi connectivity index (χ3v) is 6.28. The number of rotatable bonds is 12. The molecule has 0 spiro atoms. The van der Waals surface area contributed by atoms with Crippen LogP contribution in [0.2, 0.25) is 0 Å². The van der Waals surface area contributed by atoms with Gasteiger partial charge in [-0.05, 0) is 62.4 Å². The molecule has 2 N–H and O–H groups in total. The molecule has 1 rings (SSSR count). The molecule has 0 unspecified atom stereocenters. The summed E-state index contributed by atoms with van der Waals surface area (Å²) >= 11 is 0. The van der Waals surface area contributed by atoms with E-state index in [0.717, 1.165) is 39.0 Å². The van der Waals surface area contributed by atoms with Crippen LogP contribution in [0.1, 0.15) is 70.6 Å². The van der Waals surface area contributed by atoms with Gasteiger partial charge in [0.05, 0.1) is 6.10 Å². The van der Waals surface area contributed by atoms with Crippen molar-refractivity contribution in [2.75, 3.05) is 25.4 Å². The lowest BCUT2D eigenvalue weighted by molar-refractivity contribution is 0.0333. The first kappa shape index (κ1) is 21.2. The van der Waals surface area contributed by atoms with Crippen LogP contribution < -0.4 is 5.32 Å². The Kier molecular flexibility index (Phi) is 12.4. The Balaban J connectivity index is 1.82. The Bertz CT molecular complexity index is 368. The van der Waals surface area contributed by atoms with Gasteiger partial charge < -0.3 is 10.1 Å². The highest BCUT2D eigenvalue weighted by Gasteiger charge is 2.11. The molecule has 0 saturated heterocycles. The molecular weight excluding hydrogens is 334 g/mol. The van der Waals surface area contributed by atoms with Crippen molar-refractivity contribution in [1.82, 2.24) is 5.32 Å². The highest BCUT2D eigenvalue weighted by molar-refractivity contribution is 8.69. The second-order valence-electron chi connectivity index (χ2n) is 6.25. The van der Waals surface area contributed by atoms with Gasteiger partial charge in [-0.15, -0.1) is 0 Å². The molecule has 7 heteroatoms. The van der Waals surface area contributed by atoms with Crippen LogP contribution in [-0.4, -0.2) is 44.5 Å². The van der Waals surface area contributed by atoms with E-state index in [1.165, 1.54) is 51.4 Å². The highest BCUT2D eigenvalue weighted by atomic mass is 33.1. The fourth-order valence-corrected chi connectivity index (χ4v) is 4.31. The second-order valence-corrected chi connectivity index (χ2v) is 9.72. The fraction of sp³-hybridized carbons (Fsp3) is 1.00. The SMILES string of the molecule is O=S(=O)(O)SCCCNCCCCCOC1CCCCCCC1. The maximum absolute atomic E-state index is 10.5. The minimum absolute atomic E-state index is 0.432. The van der Waals surface area contributed by atoms with Gasteiger partial charge in [-0.25, -0.2) is 0 Å². The smallest absolute Gasteiger partial charge is 0.319 e. The summed E-state index contributed by atoms with van der Waals surface area (Å²) in [6, 6.07) is 0. The zero-order chi connectivity index (χ0) is 16.8. The lowest BCUT2D eigenvalue weighted by Crippen LogP contribution is -2.18. The molecule has 0 heterocycles. The maximum atomic E-state index is 10.5. The van der Waals surface area contributed by atoms with Gasteiger partial charge in [0.1, 0.15) is 0 Å². The van der Waals surface area contributed by atoms with Crippen molar-refractivity contribution < 1.29 is 17.7 Å². The lowest BCUT2D eigenvalue weighted by Gasteiger charge is -2.20. The van der Waals surface area contributed by atoms with Gasteiger partial charge in [0.2, 0.25) is 0 Å². The maximum Gasteiger partial charge on any atom is 0.319 e. The second kappa shape index (κ2) is 13.5. The topological polar surface area (TPSA) is 75.6 Å². The first-order chi connectivity index (χ1) is 11.1. The normalized spacial score (nSPS) is 17.8. The molecule has 1 aliphatic carbocycles. The van der Waals surface area contributed by atoms with Gasteiger partial charge in [-0.3, -0.25) is 4.55 Å². The van der Waals surface area contributed by atoms with E-state index in [1.54, 1.807) is 0 Å². The molecule has 1 saturated carbocycles. The van der Waals surface area contributed by atoms with Crippen molar-refractivity contribution in [3.8, 4) is 0 Å². The van der Waals surface area contributed by atoms with Crippen molar-refractivity contribution in [1.29, 1.82) is 0 Å². The summed E-state index contributed by atoms with van der Waals surface area (Å²) in [6.07, 6.45) is 13.9. The Labute approximate surface area is 145 Å². The number of hydrogen-bond acceptors (Lipinski definition) is 5. The summed E-state index contributed by atoms with van der Waals surface area (Å²) in [6.45, 7) is 2.64. The first-order valence-corrected chi connectivity index (χ1v) is 12.0. The minimum atomic E-state index is -3.87. The monoisotopic (exact) mass is 367 g/mol. The van der Waals surface area contributed by atoms with E-state index in [2.05, 4.69) is 5.32 Å². The van der Waals surface area contributed by atoms with Crippen LogP contribution in [0.25, 0.3) is 0 Å². The van der Waals surface area contributed by atoms with E-state index in [-0.39, 0.29) is 0 Å². The van der Waals surface area contributed by atoms with Crippen molar-refractivity contribution >= 4 is 19.9 Å². The first-order valence-electron chi connectivity index (χ1n) is 9.02. The number of hydrogen-bond donors (Lipinski definition) is 2. The molecule has 0 amide bonds. The van der Waals surface area contributed by atoms with E-state index < -0.39 is 9.15 Å². The average Bonchev–Trinajstić information content (AvgIpc) is 2.45. The molecule has 0 atom stereocenters. The predicted octanol–water partition coefficient (Wildman–Crippen LogP) is 3.80. The standard InChI is InChI=1S/C16H33NO4S2/c18-23(19,20)22-15-9-13-17-12-7-4-8-14-21-16-10-5-2-1-3-6-11-16/h16-17H,1-15H2,(H,18,19,20). The zero-order valence-corrected chi connectivity index (χ0v) is 15.8. The van der Waals surface area contributed by atoms with Crippen LogP contribution in [0.4, 0.5) is 0 Å². The molecule has 0 aromatic carbocycles. The van der Waals surface area contributed by atoms with E-state index in [1.807, 2.05) is 0 Å². The average molecular weight is 368 g/mol. The molecule has 23 heavy (non-hydrogen) atoms. The van der Waals surface area contributed by atoms with Gasteiger partial charge in [-0.1, -0.05) is 32.1 Å². The molecule has 1 aliphatic rings. The molecule has 0 aromatic rings. The summed E-state index contributed by atoms with van der Waals surface area (Å²) in [5.74, 6) is 0.432. The molecule has 1 fully saturated rings. The summed E-state index contributed by atoms with van der Waals surface area (Å²) < 4.78 is 35.6. The van der Waals surface area contributed by atoms with Crippen LogP contribution in [0.5, 0.6) is 0 Å². The van der Waals surface area contributed by atoms with E-state index in [0.29, 0.717) is 22.7 Å². The molecule has 0 aliphatic heterocycles. The Hall–Kier alpha value is 0.180. The summed E-state index contributed by atoms with van der Waals surface area (Å²) in [4.78, 5) is 0. The zero-order valence-electron chi connectivity index (χ0n) is 14.2. The summed E-state index contributed by atoms with van der Waals surface area (Å²) in [5, 5.41) is 3.30. The summed E-state index contributed by atoms with van der Waals surface area (Å²) in [7, 11) is -3.27. The molecule has 0 bridgehead atoms. The van der Waals surface area contributed by atoms with Gasteiger partial charge in [-0.2, -0.15) is 8.42 Å². The molecule has 5 nitrogen and oxygen atoms in total. The molecule has 0 radical (unpaired) electrons. The number of unbranched alkanes of at least 4 members (excludes halogenated alkanes) is 2. The number of ether oxygens (including phenoxy) is 1. The molecular formula is C16H33NO4S2.